The maximum absolute atomic E-state index is 5.95. The Labute approximate surface area is 609 Å². The molecule has 3 nitrogen and oxygen atoms in total. The highest BCUT2D eigenvalue weighted by Crippen LogP contribution is 2.54. The van der Waals surface area contributed by atoms with Gasteiger partial charge in [0.25, 0.3) is 6.71 Å². The fourth-order valence-corrected chi connectivity index (χ4v) is 17.6. The number of aromatic nitrogens is 1. The highest BCUT2D eigenvalue weighted by Gasteiger charge is 2.46. The number of rotatable bonds is 5. The van der Waals surface area contributed by atoms with Gasteiger partial charge in [0.15, 0.2) is 0 Å². The van der Waals surface area contributed by atoms with Crippen LogP contribution in [0.3, 0.4) is 0 Å². The summed E-state index contributed by atoms with van der Waals surface area (Å²) in [5.41, 5.74) is 24.5. The van der Waals surface area contributed by atoms with Crippen LogP contribution in [-0.4, -0.2) is 11.7 Å². The Hall–Kier alpha value is -10.3. The number of nitrogens with zero attached hydrogens (tertiary/aromatic N) is 3. The lowest BCUT2D eigenvalue weighted by Crippen LogP contribution is -2.61. The van der Waals surface area contributed by atoms with Crippen molar-refractivity contribution in [1.29, 1.82) is 0 Å². The molecule has 0 saturated carbocycles. The van der Waals surface area contributed by atoms with E-state index in [2.05, 4.69) is 365 Å². The average Bonchev–Trinajstić information content (AvgIpc) is 0.674. The molecule has 103 heavy (non-hydrogen) atoms. The fourth-order valence-electron chi connectivity index (χ4n) is 17.6. The molecule has 506 valence electrons. The van der Waals surface area contributed by atoms with E-state index in [-0.39, 0.29) is 39.2 Å². The zero-order valence-electron chi connectivity index (χ0n) is 63.4. The van der Waals surface area contributed by atoms with Gasteiger partial charge < -0.3 is 9.80 Å². The topological polar surface area (TPSA) is 19.4 Å². The first-order valence-corrected chi connectivity index (χ1v) is 37.4. The molecule has 0 amide bonds. The Morgan fingerprint density at radius 2 is 0.544 bits per heavy atom. The summed E-state index contributed by atoms with van der Waals surface area (Å²) in [5, 5.41) is 20.5. The standard InChI is InChI=1S/C99H92BN3/c1-94(2,3)63-37-41-69(42-38-63)102-85-51-60(59-49-83(61-45-65(96(7,8)9)53-66(46-61)97(10,11)12)101-84(50-59)62-47-67(98(13,14)15)54-68(48-62)99(16,17)18)52-86-91(85)100(81-55-79-75-31-21-27-57-25-19-29-71(87(57)75)73-33-23-35-77(89(73)79)92(81)102)82-56-80-76-32-22-28-58-26-20-30-72(88(58)76)74-34-24-36-78(90(74)80)93(82)103(86)70-43-39-64(40-44-70)95(4,5)6/h19-56H,1-18H3. The van der Waals surface area contributed by atoms with Gasteiger partial charge in [-0.15, -0.1) is 0 Å². The molecule has 0 spiro atoms. The third-order valence-corrected chi connectivity index (χ3v) is 23.3. The first-order chi connectivity index (χ1) is 48.8. The van der Waals surface area contributed by atoms with Gasteiger partial charge in [0.1, 0.15) is 0 Å². The van der Waals surface area contributed by atoms with Crippen molar-refractivity contribution >= 4 is 143 Å². The van der Waals surface area contributed by atoms with E-state index >= 15 is 0 Å². The van der Waals surface area contributed by atoms with Crippen LogP contribution in [0, 0.1) is 0 Å². The van der Waals surface area contributed by atoms with Gasteiger partial charge in [0.05, 0.1) is 11.4 Å². The van der Waals surface area contributed by atoms with Crippen LogP contribution < -0.4 is 26.2 Å². The van der Waals surface area contributed by atoms with E-state index in [9.17, 15) is 0 Å². The molecular formula is C99H92BN3. The Morgan fingerprint density at radius 3 is 0.874 bits per heavy atom. The molecule has 0 atom stereocenters. The lowest BCUT2D eigenvalue weighted by atomic mass is 9.33. The molecule has 18 rings (SSSR count). The molecule has 0 aliphatic carbocycles. The van der Waals surface area contributed by atoms with Crippen LogP contribution in [-0.2, 0) is 32.5 Å². The summed E-state index contributed by atoms with van der Waals surface area (Å²) in [6.07, 6.45) is 0. The number of benzene rings is 15. The number of hydrogen-bond acceptors (Lipinski definition) is 3. The van der Waals surface area contributed by atoms with Gasteiger partial charge in [0.2, 0.25) is 0 Å². The quantitative estimate of drug-likeness (QED) is 0.0973. The van der Waals surface area contributed by atoms with Crippen LogP contribution >= 0.6 is 0 Å². The summed E-state index contributed by atoms with van der Waals surface area (Å²) in [6.45, 7) is 41.9. The first-order valence-electron chi connectivity index (χ1n) is 37.4. The summed E-state index contributed by atoms with van der Waals surface area (Å²) in [4.78, 5) is 11.4. The highest BCUT2D eigenvalue weighted by atomic mass is 15.2. The minimum absolute atomic E-state index is 0.0677. The van der Waals surface area contributed by atoms with Gasteiger partial charge in [-0.2, -0.15) is 0 Å². The molecule has 2 aliphatic heterocycles. The maximum Gasteiger partial charge on any atom is 0.252 e. The minimum Gasteiger partial charge on any atom is -0.311 e. The maximum atomic E-state index is 5.95. The van der Waals surface area contributed by atoms with E-state index in [0.29, 0.717) is 0 Å². The van der Waals surface area contributed by atoms with Gasteiger partial charge in [0, 0.05) is 56.0 Å². The Bertz CT molecular complexity index is 5780. The fraction of sp³-hybridized carbons (Fsp3) is 0.242. The van der Waals surface area contributed by atoms with Crippen molar-refractivity contribution in [2.24, 2.45) is 0 Å². The molecule has 2 aliphatic rings. The molecule has 16 aromatic rings. The smallest absolute Gasteiger partial charge is 0.252 e. The number of anilines is 6. The molecule has 0 unspecified atom stereocenters. The predicted molar refractivity (Wildman–Crippen MR) is 449 cm³/mol. The molecule has 0 saturated heterocycles. The van der Waals surface area contributed by atoms with E-state index < -0.39 is 0 Å². The first kappa shape index (κ1) is 64.8. The molecule has 3 heterocycles. The summed E-state index contributed by atoms with van der Waals surface area (Å²) in [6, 6.07) is 91.2. The largest absolute Gasteiger partial charge is 0.311 e. The third kappa shape index (κ3) is 10.1. The highest BCUT2D eigenvalue weighted by molar-refractivity contribution is 7.01. The van der Waals surface area contributed by atoms with Crippen molar-refractivity contribution in [3.8, 4) is 33.6 Å². The SMILES string of the molecule is CC(C)(C)c1ccc(N2c3cc(-c4cc(-c5cc(C(C)(C)C)cc(C(C)(C)C)c5)nc(-c5cc(C(C)(C)C)cc(C(C)(C)C)c5)c4)cc4c3B(c3cc5c6cccc7cccc(c8cccc(c32)c85)c76)c2cc3c5cccc6cccc(c7cccc(c2N4c2ccc(C(C)(C)C)cc2)c73)c65)cc1. The van der Waals surface area contributed by atoms with E-state index in [4.69, 9.17) is 4.98 Å². The normalized spacial score (nSPS) is 13.9. The summed E-state index contributed by atoms with van der Waals surface area (Å²) >= 11 is 0. The van der Waals surface area contributed by atoms with Crippen LogP contribution in [0.15, 0.2) is 231 Å². The Kier molecular flexibility index (Phi) is 13.9. The number of pyridine rings is 1. The molecule has 1 aromatic heterocycles. The molecular weight excluding hydrogens is 1240 g/mol. The van der Waals surface area contributed by atoms with Crippen LogP contribution in [0.4, 0.5) is 34.1 Å². The number of fused-ring (bicyclic) bond motifs is 10. The second-order valence-electron chi connectivity index (χ2n) is 36.4. The van der Waals surface area contributed by atoms with Gasteiger partial charge in [-0.1, -0.05) is 282 Å². The summed E-state index contributed by atoms with van der Waals surface area (Å²) in [5.74, 6) is 0. The van der Waals surface area contributed by atoms with Gasteiger partial charge in [-0.05, 0) is 242 Å². The van der Waals surface area contributed by atoms with E-state index in [0.717, 1.165) is 45.0 Å². The minimum atomic E-state index is -0.226. The predicted octanol–water partition coefficient (Wildman–Crippen LogP) is 26.1. The van der Waals surface area contributed by atoms with Crippen LogP contribution in [0.25, 0.3) is 120 Å². The van der Waals surface area contributed by atoms with Crippen molar-refractivity contribution in [3.63, 3.8) is 0 Å². The lowest BCUT2D eigenvalue weighted by molar-refractivity contribution is 0.568. The molecule has 0 N–H and O–H groups in total. The van der Waals surface area contributed by atoms with Gasteiger partial charge >= 0.3 is 0 Å². The number of hydrogen-bond donors (Lipinski definition) is 0. The molecule has 0 radical (unpaired) electrons. The zero-order valence-corrected chi connectivity index (χ0v) is 63.4. The van der Waals surface area contributed by atoms with Crippen LogP contribution in [0.5, 0.6) is 0 Å². The Balaban J connectivity index is 1.04. The second-order valence-corrected chi connectivity index (χ2v) is 36.4. The van der Waals surface area contributed by atoms with Crippen molar-refractivity contribution in [1.82, 2.24) is 4.98 Å². The van der Waals surface area contributed by atoms with Gasteiger partial charge in [-0.25, -0.2) is 4.98 Å². The van der Waals surface area contributed by atoms with Crippen molar-refractivity contribution in [2.75, 3.05) is 9.80 Å². The summed E-state index contributed by atoms with van der Waals surface area (Å²) in [7, 11) is 0. The lowest BCUT2D eigenvalue weighted by Gasteiger charge is -2.45. The second kappa shape index (κ2) is 22.1. The van der Waals surface area contributed by atoms with Crippen molar-refractivity contribution < 1.29 is 0 Å². The zero-order chi connectivity index (χ0) is 71.7. The van der Waals surface area contributed by atoms with E-state index in [1.807, 2.05) is 0 Å². The Morgan fingerprint density at radius 1 is 0.252 bits per heavy atom. The molecule has 15 aromatic carbocycles. The molecule has 4 heteroatoms. The van der Waals surface area contributed by atoms with E-state index in [1.54, 1.807) is 0 Å². The third-order valence-electron chi connectivity index (χ3n) is 23.3. The average molecular weight is 1330 g/mol. The molecule has 0 fully saturated rings. The summed E-state index contributed by atoms with van der Waals surface area (Å²) < 4.78 is 0. The van der Waals surface area contributed by atoms with Crippen molar-refractivity contribution in [3.05, 3.63) is 264 Å². The van der Waals surface area contributed by atoms with Crippen LogP contribution in [0.2, 0.25) is 0 Å². The van der Waals surface area contributed by atoms with Gasteiger partial charge in [-0.3, -0.25) is 0 Å². The van der Waals surface area contributed by atoms with E-state index in [1.165, 1.54) is 159 Å². The van der Waals surface area contributed by atoms with Crippen molar-refractivity contribution in [2.45, 2.75) is 157 Å². The molecule has 0 bridgehead atoms. The monoisotopic (exact) mass is 1330 g/mol. The van der Waals surface area contributed by atoms with Crippen LogP contribution in [0.1, 0.15) is 158 Å².